The first-order valence-corrected chi connectivity index (χ1v) is 7.48. The van der Waals surface area contributed by atoms with Crippen LogP contribution in [0.3, 0.4) is 0 Å². The van der Waals surface area contributed by atoms with E-state index in [1.165, 1.54) is 0 Å². The van der Waals surface area contributed by atoms with E-state index in [4.69, 9.17) is 0 Å². The molecule has 0 unspecified atom stereocenters. The van der Waals surface area contributed by atoms with Gasteiger partial charge in [-0.1, -0.05) is 0 Å². The number of pyridine rings is 1. The number of likely N-dealkylation sites (tertiary alicyclic amines) is 1. The van der Waals surface area contributed by atoms with E-state index in [0.29, 0.717) is 31.6 Å². The molecule has 1 aliphatic heterocycles. The first-order valence-electron chi connectivity index (χ1n) is 7.48. The van der Waals surface area contributed by atoms with Gasteiger partial charge in [0, 0.05) is 32.0 Å². The van der Waals surface area contributed by atoms with Crippen molar-refractivity contribution < 1.29 is 9.90 Å². The number of hydrogen-bond donors (Lipinski definition) is 1. The molecule has 0 aromatic carbocycles. The number of aryl methyl sites for hydroxylation is 1. The molecule has 0 aliphatic carbocycles. The molecule has 0 saturated carbocycles. The summed E-state index contributed by atoms with van der Waals surface area (Å²) in [5, 5.41) is 10.6. The number of carbonyl (C=O) groups excluding carboxylic acids is 1. The van der Waals surface area contributed by atoms with Gasteiger partial charge in [0.25, 0.3) is 5.91 Å². The number of carbonyl (C=O) groups is 1. The highest BCUT2D eigenvalue weighted by Crippen LogP contribution is 2.24. The van der Waals surface area contributed by atoms with E-state index < -0.39 is 5.60 Å². The zero-order chi connectivity index (χ0) is 15.5. The number of amides is 1. The quantitative estimate of drug-likeness (QED) is 0.912. The summed E-state index contributed by atoms with van der Waals surface area (Å²) < 4.78 is 0. The van der Waals surface area contributed by atoms with Gasteiger partial charge in [-0.3, -0.25) is 9.78 Å². The molecule has 1 saturated heterocycles. The molecule has 1 amide bonds. The van der Waals surface area contributed by atoms with Gasteiger partial charge in [-0.05, 0) is 51.9 Å². The monoisotopic (exact) mass is 291 g/mol. The molecule has 1 N–H and O–H groups in total. The minimum Gasteiger partial charge on any atom is -0.388 e. The summed E-state index contributed by atoms with van der Waals surface area (Å²) >= 11 is 0. The number of nitrogens with zero attached hydrogens (tertiary/aromatic N) is 3. The van der Waals surface area contributed by atoms with Gasteiger partial charge in [0.05, 0.1) is 11.2 Å². The molecule has 1 aromatic heterocycles. The zero-order valence-corrected chi connectivity index (χ0v) is 13.2. The van der Waals surface area contributed by atoms with Crippen molar-refractivity contribution in [2.75, 3.05) is 33.7 Å². The molecular formula is C16H25N3O2. The second-order valence-corrected chi connectivity index (χ2v) is 6.36. The van der Waals surface area contributed by atoms with Crippen molar-refractivity contribution in [1.82, 2.24) is 14.8 Å². The van der Waals surface area contributed by atoms with E-state index in [1.807, 2.05) is 36.9 Å². The van der Waals surface area contributed by atoms with Crippen LogP contribution in [0.25, 0.3) is 0 Å². The summed E-state index contributed by atoms with van der Waals surface area (Å²) in [7, 11) is 3.92. The molecule has 0 bridgehead atoms. The van der Waals surface area contributed by atoms with Gasteiger partial charge in [-0.25, -0.2) is 0 Å². The number of aromatic nitrogens is 1. The van der Waals surface area contributed by atoms with Crippen LogP contribution < -0.4 is 0 Å². The van der Waals surface area contributed by atoms with E-state index in [-0.39, 0.29) is 5.91 Å². The van der Waals surface area contributed by atoms with Crippen molar-refractivity contribution in [3.63, 3.8) is 0 Å². The van der Waals surface area contributed by atoms with Crippen LogP contribution in [-0.2, 0) is 0 Å². The van der Waals surface area contributed by atoms with E-state index >= 15 is 0 Å². The van der Waals surface area contributed by atoms with Gasteiger partial charge in [-0.2, -0.15) is 0 Å². The second-order valence-electron chi connectivity index (χ2n) is 6.36. The lowest BCUT2D eigenvalue weighted by molar-refractivity contribution is 0.00305. The predicted octanol–water partition coefficient (Wildman–Crippen LogP) is 1.31. The molecule has 0 spiro atoms. The predicted molar refractivity (Wildman–Crippen MR) is 82.2 cm³/mol. The molecule has 2 rings (SSSR count). The molecule has 21 heavy (non-hydrogen) atoms. The van der Waals surface area contributed by atoms with Crippen molar-refractivity contribution in [3.05, 3.63) is 29.6 Å². The van der Waals surface area contributed by atoms with Gasteiger partial charge in [-0.15, -0.1) is 0 Å². The lowest BCUT2D eigenvalue weighted by Gasteiger charge is -2.29. The van der Waals surface area contributed by atoms with E-state index in [2.05, 4.69) is 4.98 Å². The second kappa shape index (κ2) is 6.54. The van der Waals surface area contributed by atoms with Crippen LogP contribution in [0.5, 0.6) is 0 Å². The number of aliphatic hydroxyl groups is 1. The normalized spacial score (nSPS) is 23.2. The first-order chi connectivity index (χ1) is 9.89. The number of rotatable bonds is 3. The first kappa shape index (κ1) is 15.9. The summed E-state index contributed by atoms with van der Waals surface area (Å²) in [6, 6.07) is 1.87. The smallest absolute Gasteiger partial charge is 0.255 e. The van der Waals surface area contributed by atoms with E-state index in [1.54, 1.807) is 12.4 Å². The van der Waals surface area contributed by atoms with Gasteiger partial charge in [0.2, 0.25) is 0 Å². The molecule has 5 heteroatoms. The van der Waals surface area contributed by atoms with Crippen molar-refractivity contribution in [2.24, 2.45) is 0 Å². The summed E-state index contributed by atoms with van der Waals surface area (Å²) in [4.78, 5) is 20.5. The van der Waals surface area contributed by atoms with Crippen LogP contribution in [0.15, 0.2) is 18.5 Å². The van der Waals surface area contributed by atoms with E-state index in [9.17, 15) is 9.90 Å². The summed E-state index contributed by atoms with van der Waals surface area (Å²) in [6.07, 6.45) is 5.55. The third kappa shape index (κ3) is 4.25. The molecule has 116 valence electrons. The van der Waals surface area contributed by atoms with Gasteiger partial charge >= 0.3 is 0 Å². The SMILES string of the molecule is Cc1cncc(C(=O)N2CCC[C@@](O)(CN(C)C)CC2)c1. The fourth-order valence-electron chi connectivity index (χ4n) is 2.98. The Morgan fingerprint density at radius 1 is 1.38 bits per heavy atom. The van der Waals surface area contributed by atoms with Crippen molar-refractivity contribution >= 4 is 5.91 Å². The molecule has 1 aromatic rings. The lowest BCUT2D eigenvalue weighted by atomic mass is 9.94. The Morgan fingerprint density at radius 3 is 2.81 bits per heavy atom. The maximum absolute atomic E-state index is 12.5. The van der Waals surface area contributed by atoms with Crippen LogP contribution in [0.2, 0.25) is 0 Å². The third-order valence-electron chi connectivity index (χ3n) is 3.94. The Balaban J connectivity index is 2.04. The van der Waals surface area contributed by atoms with Gasteiger partial charge < -0.3 is 14.9 Å². The van der Waals surface area contributed by atoms with Crippen molar-refractivity contribution in [3.8, 4) is 0 Å². The minimum atomic E-state index is -0.691. The maximum Gasteiger partial charge on any atom is 0.255 e. The van der Waals surface area contributed by atoms with Gasteiger partial charge in [0.1, 0.15) is 0 Å². The van der Waals surface area contributed by atoms with Crippen LogP contribution in [0.4, 0.5) is 0 Å². The minimum absolute atomic E-state index is 0.0142. The largest absolute Gasteiger partial charge is 0.388 e. The lowest BCUT2D eigenvalue weighted by Crippen LogP contribution is -2.41. The molecule has 1 fully saturated rings. The Hall–Kier alpha value is -1.46. The summed E-state index contributed by atoms with van der Waals surface area (Å²) in [5.41, 5.74) is 0.927. The van der Waals surface area contributed by atoms with Crippen LogP contribution in [-0.4, -0.2) is 65.1 Å². The van der Waals surface area contributed by atoms with E-state index in [0.717, 1.165) is 18.4 Å². The fourth-order valence-corrected chi connectivity index (χ4v) is 2.98. The maximum atomic E-state index is 12.5. The number of hydrogen-bond acceptors (Lipinski definition) is 4. The molecule has 1 atom stereocenters. The zero-order valence-electron chi connectivity index (χ0n) is 13.2. The highest BCUT2D eigenvalue weighted by Gasteiger charge is 2.32. The molecule has 1 aliphatic rings. The Labute approximate surface area is 126 Å². The average Bonchev–Trinajstić information content (AvgIpc) is 2.59. The van der Waals surface area contributed by atoms with Crippen molar-refractivity contribution in [1.29, 1.82) is 0 Å². The van der Waals surface area contributed by atoms with Crippen LogP contribution in [0.1, 0.15) is 35.2 Å². The standard InChI is InChI=1S/C16H25N3O2/c1-13-9-14(11-17-10-13)15(20)19-7-4-5-16(21,6-8-19)12-18(2)3/h9-11,21H,4-8,12H2,1-3H3/t16-/m0/s1. The van der Waals surface area contributed by atoms with Crippen LogP contribution in [0, 0.1) is 6.92 Å². The Morgan fingerprint density at radius 2 is 2.14 bits per heavy atom. The summed E-state index contributed by atoms with van der Waals surface area (Å²) in [6.45, 7) is 3.86. The highest BCUT2D eigenvalue weighted by atomic mass is 16.3. The Kier molecular flexibility index (Phi) is 4.96. The highest BCUT2D eigenvalue weighted by molar-refractivity contribution is 5.94. The summed E-state index contributed by atoms with van der Waals surface area (Å²) in [5.74, 6) is 0.0142. The Bertz CT molecular complexity index is 504. The van der Waals surface area contributed by atoms with Crippen molar-refractivity contribution in [2.45, 2.75) is 31.8 Å². The molecule has 0 radical (unpaired) electrons. The van der Waals surface area contributed by atoms with Gasteiger partial charge in [0.15, 0.2) is 0 Å². The fraction of sp³-hybridized carbons (Fsp3) is 0.625. The molecular weight excluding hydrogens is 266 g/mol. The van der Waals surface area contributed by atoms with Crippen LogP contribution >= 0.6 is 0 Å². The third-order valence-corrected chi connectivity index (χ3v) is 3.94. The molecule has 2 heterocycles. The average molecular weight is 291 g/mol. The number of likely N-dealkylation sites (N-methyl/N-ethyl adjacent to an activating group) is 1. The molecule has 5 nitrogen and oxygen atoms in total. The topological polar surface area (TPSA) is 56.7 Å².